The van der Waals surface area contributed by atoms with E-state index in [1.807, 2.05) is 0 Å². The van der Waals surface area contributed by atoms with Crippen molar-refractivity contribution in [2.75, 3.05) is 6.54 Å². The van der Waals surface area contributed by atoms with Crippen molar-refractivity contribution in [3.63, 3.8) is 0 Å². The molecule has 0 radical (unpaired) electrons. The van der Waals surface area contributed by atoms with E-state index >= 15 is 0 Å². The zero-order chi connectivity index (χ0) is 24.3. The van der Waals surface area contributed by atoms with Crippen LogP contribution in [0.15, 0.2) is 48.5 Å². The first-order chi connectivity index (χ1) is 15.2. The van der Waals surface area contributed by atoms with Crippen molar-refractivity contribution in [2.24, 2.45) is 0 Å². The highest BCUT2D eigenvalue weighted by Gasteiger charge is 2.73. The Morgan fingerprint density at radius 3 is 2.18 bits per heavy atom. The number of nitrogens with one attached hydrogen (secondary N) is 1. The molecule has 0 aromatic heterocycles. The minimum Gasteiger partial charge on any atom is -0.312 e. The summed E-state index contributed by atoms with van der Waals surface area (Å²) in [6.45, 7) is 0.317. The second kappa shape index (κ2) is 7.69. The van der Waals surface area contributed by atoms with Gasteiger partial charge in [0.1, 0.15) is 4.75 Å². The lowest BCUT2D eigenvalue weighted by molar-refractivity contribution is -0.348. The van der Waals surface area contributed by atoms with E-state index in [2.05, 4.69) is 5.32 Å². The summed E-state index contributed by atoms with van der Waals surface area (Å²) in [6, 6.07) is 9.64. The van der Waals surface area contributed by atoms with Crippen molar-refractivity contribution in [3.8, 4) is 0 Å². The molecule has 33 heavy (non-hydrogen) atoms. The van der Waals surface area contributed by atoms with Crippen LogP contribution in [0.4, 0.5) is 30.7 Å². The Balaban J connectivity index is 1.86. The molecule has 3 nitrogen and oxygen atoms in total. The molecule has 0 amide bonds. The summed E-state index contributed by atoms with van der Waals surface area (Å²) in [5.41, 5.74) is -6.52. The number of halogens is 7. The number of benzene rings is 2. The van der Waals surface area contributed by atoms with E-state index in [9.17, 15) is 39.2 Å². The first kappa shape index (κ1) is 24.0. The van der Waals surface area contributed by atoms with E-state index in [1.54, 1.807) is 30.3 Å². The van der Waals surface area contributed by atoms with Crippen molar-refractivity contribution in [3.05, 3.63) is 70.8 Å². The maximum Gasteiger partial charge on any atom is 0.435 e. The fourth-order valence-electron chi connectivity index (χ4n) is 5.11. The molecule has 2 aliphatic rings. The molecule has 1 aliphatic heterocycles. The summed E-state index contributed by atoms with van der Waals surface area (Å²) >= 11 is 0. The predicted octanol–water partition coefficient (Wildman–Crippen LogP) is 5.09. The molecule has 0 saturated carbocycles. The van der Waals surface area contributed by atoms with Gasteiger partial charge in [0.15, 0.2) is 9.84 Å². The van der Waals surface area contributed by atoms with Gasteiger partial charge in [0.05, 0.1) is 5.75 Å². The lowest BCUT2D eigenvalue weighted by Gasteiger charge is -2.41. The first-order valence-corrected chi connectivity index (χ1v) is 11.8. The highest BCUT2D eigenvalue weighted by atomic mass is 32.2. The van der Waals surface area contributed by atoms with Crippen molar-refractivity contribution in [1.82, 2.24) is 5.32 Å². The van der Waals surface area contributed by atoms with E-state index in [1.165, 1.54) is 0 Å². The van der Waals surface area contributed by atoms with E-state index in [-0.39, 0.29) is 36.1 Å². The van der Waals surface area contributed by atoms with Crippen LogP contribution >= 0.6 is 0 Å². The monoisotopic (exact) mass is 495 g/mol. The fourth-order valence-corrected chi connectivity index (χ4v) is 7.58. The van der Waals surface area contributed by atoms with Gasteiger partial charge < -0.3 is 5.32 Å². The topological polar surface area (TPSA) is 46.2 Å². The Morgan fingerprint density at radius 1 is 0.939 bits per heavy atom. The molecule has 1 heterocycles. The molecular formula is C22H20F7NO2S. The average molecular weight is 495 g/mol. The lowest BCUT2D eigenvalue weighted by Crippen LogP contribution is -2.52. The molecule has 2 aromatic carbocycles. The molecule has 1 aliphatic carbocycles. The number of aryl methyl sites for hydroxylation is 1. The molecule has 2 unspecified atom stereocenters. The summed E-state index contributed by atoms with van der Waals surface area (Å²) < 4.78 is 120. The van der Waals surface area contributed by atoms with Crippen LogP contribution in [0.25, 0.3) is 0 Å². The van der Waals surface area contributed by atoms with Gasteiger partial charge in [-0.1, -0.05) is 48.5 Å². The number of hydrogen-bond acceptors (Lipinski definition) is 3. The minimum atomic E-state index is -6.23. The summed E-state index contributed by atoms with van der Waals surface area (Å²) in [6.07, 6.45) is -12.2. The summed E-state index contributed by atoms with van der Waals surface area (Å²) in [7, 11) is -3.95. The zero-order valence-corrected chi connectivity index (χ0v) is 17.9. The van der Waals surface area contributed by atoms with E-state index < -0.39 is 44.2 Å². The maximum absolute atomic E-state index is 14.6. The van der Waals surface area contributed by atoms with Gasteiger partial charge in [-0.2, -0.15) is 26.3 Å². The Bertz CT molecular complexity index is 1130. The lowest BCUT2D eigenvalue weighted by atomic mass is 9.77. The molecule has 1 N–H and O–H groups in total. The highest BCUT2D eigenvalue weighted by Crippen LogP contribution is 2.55. The molecule has 1 saturated heterocycles. The van der Waals surface area contributed by atoms with Gasteiger partial charge in [-0.05, 0) is 42.5 Å². The van der Waals surface area contributed by atoms with Gasteiger partial charge in [-0.15, -0.1) is 0 Å². The van der Waals surface area contributed by atoms with Crippen LogP contribution < -0.4 is 5.32 Å². The van der Waals surface area contributed by atoms with Gasteiger partial charge in [0, 0.05) is 11.6 Å². The molecule has 0 spiro atoms. The molecule has 2 atom stereocenters. The number of rotatable bonds is 4. The van der Waals surface area contributed by atoms with Gasteiger partial charge >= 0.3 is 18.0 Å². The number of alkyl halides is 7. The van der Waals surface area contributed by atoms with Crippen molar-refractivity contribution in [2.45, 2.75) is 53.8 Å². The standard InChI is InChI=1S/C22H20F7NO2S/c23-20(21(24,25)26,22(27,28)29)16-7-8-17-15(12-16)6-9-18-19(17,10-11-30-18)33(31,32)13-14-4-2-1-3-5-14/h1-5,7-8,12,18,30H,6,9-11,13H2. The molecule has 180 valence electrons. The second-order valence-corrected chi connectivity index (χ2v) is 10.7. The van der Waals surface area contributed by atoms with Crippen LogP contribution in [-0.2, 0) is 32.4 Å². The second-order valence-electron chi connectivity index (χ2n) is 8.46. The third kappa shape index (κ3) is 3.54. The van der Waals surface area contributed by atoms with Crippen molar-refractivity contribution >= 4 is 9.84 Å². The third-order valence-corrected chi connectivity index (χ3v) is 9.18. The normalized spacial score (nSPS) is 23.8. The molecule has 1 fully saturated rings. The summed E-state index contributed by atoms with van der Waals surface area (Å²) in [4.78, 5) is 0. The Labute approximate surface area is 185 Å². The molecule has 4 rings (SSSR count). The number of fused-ring (bicyclic) bond motifs is 3. The van der Waals surface area contributed by atoms with Gasteiger partial charge in [0.2, 0.25) is 0 Å². The van der Waals surface area contributed by atoms with Gasteiger partial charge in [0.25, 0.3) is 0 Å². The number of sulfone groups is 1. The minimum absolute atomic E-state index is 0.0142. The molecule has 0 bridgehead atoms. The fraction of sp³-hybridized carbons (Fsp3) is 0.455. The van der Waals surface area contributed by atoms with Gasteiger partial charge in [-0.3, -0.25) is 0 Å². The first-order valence-electron chi connectivity index (χ1n) is 10.2. The van der Waals surface area contributed by atoms with Crippen LogP contribution in [0.5, 0.6) is 0 Å². The van der Waals surface area contributed by atoms with Gasteiger partial charge in [-0.25, -0.2) is 12.8 Å². The Kier molecular flexibility index (Phi) is 5.59. The third-order valence-electron chi connectivity index (χ3n) is 6.65. The average Bonchev–Trinajstić information content (AvgIpc) is 3.18. The SMILES string of the molecule is O=S(=O)(Cc1ccccc1)C12CCNC1CCc1cc(C(F)(C(F)(F)F)C(F)(F)F)ccc12. The smallest absolute Gasteiger partial charge is 0.312 e. The van der Waals surface area contributed by atoms with Crippen LogP contribution in [0, 0.1) is 0 Å². The van der Waals surface area contributed by atoms with Crippen LogP contribution in [0.1, 0.15) is 35.1 Å². The van der Waals surface area contributed by atoms with Crippen LogP contribution in [0.2, 0.25) is 0 Å². The molecular weight excluding hydrogens is 475 g/mol. The Hall–Kier alpha value is -2.14. The summed E-state index contributed by atoms with van der Waals surface area (Å²) in [5, 5.41) is 3.11. The maximum atomic E-state index is 14.6. The molecule has 2 aromatic rings. The van der Waals surface area contributed by atoms with E-state index in [0.29, 0.717) is 24.2 Å². The largest absolute Gasteiger partial charge is 0.435 e. The zero-order valence-electron chi connectivity index (χ0n) is 17.1. The van der Waals surface area contributed by atoms with Crippen LogP contribution in [0.3, 0.4) is 0 Å². The van der Waals surface area contributed by atoms with Crippen molar-refractivity contribution < 1.29 is 39.2 Å². The predicted molar refractivity (Wildman–Crippen MR) is 107 cm³/mol. The molecule has 11 heteroatoms. The number of hydrogen-bond donors (Lipinski definition) is 1. The summed E-state index contributed by atoms with van der Waals surface area (Å²) in [5.74, 6) is -0.342. The quantitative estimate of drug-likeness (QED) is 0.601. The van der Waals surface area contributed by atoms with Crippen LogP contribution in [-0.4, -0.2) is 33.4 Å². The highest BCUT2D eigenvalue weighted by molar-refractivity contribution is 7.91. The van der Waals surface area contributed by atoms with Crippen molar-refractivity contribution in [1.29, 1.82) is 0 Å². The van der Waals surface area contributed by atoms with E-state index in [4.69, 9.17) is 0 Å². The van der Waals surface area contributed by atoms with E-state index in [0.717, 1.165) is 6.07 Å². The Morgan fingerprint density at radius 2 is 1.58 bits per heavy atom.